The van der Waals surface area contributed by atoms with Gasteiger partial charge >= 0.3 is 0 Å². The molecule has 9 heteroatoms. The van der Waals surface area contributed by atoms with E-state index in [2.05, 4.69) is 5.32 Å². The first-order valence-corrected chi connectivity index (χ1v) is 10.6. The van der Waals surface area contributed by atoms with E-state index in [-0.39, 0.29) is 12.2 Å². The minimum absolute atomic E-state index is 0.176. The molecule has 0 fully saturated rings. The van der Waals surface area contributed by atoms with Crippen LogP contribution in [-0.2, 0) is 21.4 Å². The number of halogens is 1. The van der Waals surface area contributed by atoms with Crippen LogP contribution < -0.4 is 19.1 Å². The quantitative estimate of drug-likeness (QED) is 0.701. The number of hydrogen-bond acceptors (Lipinski definition) is 5. The third kappa shape index (κ3) is 5.08. The largest absolute Gasteiger partial charge is 0.497 e. The highest BCUT2D eigenvalue weighted by Crippen LogP contribution is 2.35. The molecule has 1 unspecified atom stereocenters. The number of rotatable bonds is 8. The van der Waals surface area contributed by atoms with Crippen LogP contribution in [0.1, 0.15) is 12.5 Å². The first-order chi connectivity index (χ1) is 13.2. The minimum Gasteiger partial charge on any atom is -0.497 e. The Morgan fingerprint density at radius 1 is 1.18 bits per heavy atom. The molecule has 1 amide bonds. The SMILES string of the molecule is COc1ccc(OC)c(N(C(C)C(=O)NCc2ccccc2Cl)S(C)(=O)=O)c1. The van der Waals surface area contributed by atoms with Crippen molar-refractivity contribution >= 4 is 33.2 Å². The monoisotopic (exact) mass is 426 g/mol. The summed E-state index contributed by atoms with van der Waals surface area (Å²) in [5.41, 5.74) is 0.944. The normalized spacial score (nSPS) is 12.2. The second-order valence-electron chi connectivity index (χ2n) is 6.08. The molecule has 1 atom stereocenters. The van der Waals surface area contributed by atoms with Crippen molar-refractivity contribution in [3.8, 4) is 11.5 Å². The van der Waals surface area contributed by atoms with Gasteiger partial charge < -0.3 is 14.8 Å². The number of carbonyl (C=O) groups excluding carboxylic acids is 1. The zero-order valence-electron chi connectivity index (χ0n) is 16.1. The number of carbonyl (C=O) groups is 1. The molecule has 0 spiro atoms. The summed E-state index contributed by atoms with van der Waals surface area (Å²) in [5, 5.41) is 3.24. The van der Waals surface area contributed by atoms with E-state index in [4.69, 9.17) is 21.1 Å². The van der Waals surface area contributed by atoms with E-state index in [1.54, 1.807) is 36.4 Å². The van der Waals surface area contributed by atoms with Crippen LogP contribution in [0, 0.1) is 0 Å². The van der Waals surface area contributed by atoms with Crippen molar-refractivity contribution < 1.29 is 22.7 Å². The summed E-state index contributed by atoms with van der Waals surface area (Å²) in [6.45, 7) is 1.68. The molecular formula is C19H23ClN2O5S. The number of hydrogen-bond donors (Lipinski definition) is 1. The number of anilines is 1. The topological polar surface area (TPSA) is 84.9 Å². The van der Waals surface area contributed by atoms with Gasteiger partial charge in [0.1, 0.15) is 17.5 Å². The Labute approximate surface area is 170 Å². The van der Waals surface area contributed by atoms with Crippen LogP contribution in [0.4, 0.5) is 5.69 Å². The van der Waals surface area contributed by atoms with Crippen LogP contribution >= 0.6 is 11.6 Å². The Hall–Kier alpha value is -2.45. The highest BCUT2D eigenvalue weighted by molar-refractivity contribution is 7.92. The molecule has 2 aromatic carbocycles. The maximum atomic E-state index is 12.7. The summed E-state index contributed by atoms with van der Waals surface area (Å²) in [6, 6.07) is 10.8. The predicted octanol–water partition coefficient (Wildman–Crippen LogP) is 2.83. The van der Waals surface area contributed by atoms with Gasteiger partial charge in [-0.3, -0.25) is 9.10 Å². The Bertz CT molecular complexity index is 949. The highest BCUT2D eigenvalue weighted by Gasteiger charge is 2.31. The Morgan fingerprint density at radius 3 is 2.43 bits per heavy atom. The van der Waals surface area contributed by atoms with E-state index >= 15 is 0 Å². The van der Waals surface area contributed by atoms with E-state index in [0.29, 0.717) is 16.5 Å². The smallest absolute Gasteiger partial charge is 0.243 e. The molecule has 0 aliphatic rings. The average molecular weight is 427 g/mol. The first kappa shape index (κ1) is 21.8. The number of ether oxygens (including phenoxy) is 2. The summed E-state index contributed by atoms with van der Waals surface area (Å²) in [6.07, 6.45) is 1.03. The molecule has 0 heterocycles. The van der Waals surface area contributed by atoms with Crippen molar-refractivity contribution in [1.29, 1.82) is 0 Å². The molecule has 28 heavy (non-hydrogen) atoms. The molecule has 0 aliphatic heterocycles. The van der Waals surface area contributed by atoms with Crippen molar-refractivity contribution in [2.45, 2.75) is 19.5 Å². The molecule has 0 aromatic heterocycles. The molecule has 2 rings (SSSR count). The van der Waals surface area contributed by atoms with E-state index in [1.165, 1.54) is 27.2 Å². The second kappa shape index (κ2) is 9.16. The lowest BCUT2D eigenvalue weighted by Crippen LogP contribution is -2.47. The van der Waals surface area contributed by atoms with E-state index in [9.17, 15) is 13.2 Å². The number of sulfonamides is 1. The van der Waals surface area contributed by atoms with Crippen molar-refractivity contribution in [3.05, 3.63) is 53.1 Å². The molecule has 1 N–H and O–H groups in total. The van der Waals surface area contributed by atoms with Gasteiger partial charge in [-0.2, -0.15) is 0 Å². The standard InChI is InChI=1S/C19H23ClN2O5S/c1-13(19(23)21-12-14-7-5-6-8-16(14)20)22(28(4,24)25)17-11-15(26-2)9-10-18(17)27-3/h5-11,13H,12H2,1-4H3,(H,21,23). The molecule has 0 saturated heterocycles. The third-order valence-electron chi connectivity index (χ3n) is 4.12. The van der Waals surface area contributed by atoms with Gasteiger partial charge in [0.2, 0.25) is 15.9 Å². The Morgan fingerprint density at radius 2 is 1.86 bits per heavy atom. The Kier molecular flexibility index (Phi) is 7.15. The lowest BCUT2D eigenvalue weighted by molar-refractivity contribution is -0.122. The summed E-state index contributed by atoms with van der Waals surface area (Å²) < 4.78 is 36.5. The summed E-state index contributed by atoms with van der Waals surface area (Å²) in [7, 11) is -0.907. The number of nitrogens with one attached hydrogen (secondary N) is 1. The molecule has 2 aromatic rings. The van der Waals surface area contributed by atoms with Crippen LogP contribution in [0.2, 0.25) is 5.02 Å². The highest BCUT2D eigenvalue weighted by atomic mass is 35.5. The van der Waals surface area contributed by atoms with Crippen molar-refractivity contribution in [2.24, 2.45) is 0 Å². The van der Waals surface area contributed by atoms with E-state index < -0.39 is 22.0 Å². The van der Waals surface area contributed by atoms with Gasteiger partial charge in [0.25, 0.3) is 0 Å². The van der Waals surface area contributed by atoms with E-state index in [0.717, 1.165) is 16.1 Å². The fourth-order valence-electron chi connectivity index (χ4n) is 2.72. The van der Waals surface area contributed by atoms with E-state index in [1.807, 2.05) is 0 Å². The molecular weight excluding hydrogens is 404 g/mol. The van der Waals surface area contributed by atoms with Crippen LogP contribution in [-0.4, -0.2) is 40.8 Å². The van der Waals surface area contributed by atoms with Crippen molar-refractivity contribution in [1.82, 2.24) is 5.32 Å². The van der Waals surface area contributed by atoms with Crippen molar-refractivity contribution in [3.63, 3.8) is 0 Å². The van der Waals surface area contributed by atoms with Gasteiger partial charge in [0, 0.05) is 17.6 Å². The van der Waals surface area contributed by atoms with Gasteiger partial charge in [-0.1, -0.05) is 29.8 Å². The molecule has 152 valence electrons. The van der Waals surface area contributed by atoms with Gasteiger partial charge in [0.05, 0.1) is 26.2 Å². The van der Waals surface area contributed by atoms with Crippen LogP contribution in [0.25, 0.3) is 0 Å². The number of benzene rings is 2. The number of amides is 1. The van der Waals surface area contributed by atoms with Crippen LogP contribution in [0.15, 0.2) is 42.5 Å². The molecule has 0 bridgehead atoms. The van der Waals surface area contributed by atoms with Crippen LogP contribution in [0.3, 0.4) is 0 Å². The molecule has 0 aliphatic carbocycles. The summed E-state index contributed by atoms with van der Waals surface area (Å²) >= 11 is 6.10. The fourth-order valence-corrected chi connectivity index (χ4v) is 4.09. The van der Waals surface area contributed by atoms with Gasteiger partial charge in [0.15, 0.2) is 0 Å². The molecule has 0 radical (unpaired) electrons. The number of methoxy groups -OCH3 is 2. The number of nitrogens with zero attached hydrogens (tertiary/aromatic N) is 1. The third-order valence-corrected chi connectivity index (χ3v) is 5.72. The fraction of sp³-hybridized carbons (Fsp3) is 0.316. The zero-order chi connectivity index (χ0) is 20.9. The maximum Gasteiger partial charge on any atom is 0.243 e. The molecule has 7 nitrogen and oxygen atoms in total. The van der Waals surface area contributed by atoms with Gasteiger partial charge in [-0.25, -0.2) is 8.42 Å². The predicted molar refractivity (Wildman–Crippen MR) is 110 cm³/mol. The lowest BCUT2D eigenvalue weighted by Gasteiger charge is -2.29. The maximum absolute atomic E-state index is 12.7. The lowest BCUT2D eigenvalue weighted by atomic mass is 10.2. The minimum atomic E-state index is -3.80. The first-order valence-electron chi connectivity index (χ1n) is 8.41. The summed E-state index contributed by atoms with van der Waals surface area (Å²) in [5.74, 6) is 0.264. The second-order valence-corrected chi connectivity index (χ2v) is 8.35. The zero-order valence-corrected chi connectivity index (χ0v) is 17.7. The van der Waals surface area contributed by atoms with Crippen molar-refractivity contribution in [2.75, 3.05) is 24.8 Å². The van der Waals surface area contributed by atoms with Gasteiger partial charge in [-0.05, 0) is 30.7 Å². The Balaban J connectivity index is 2.33. The van der Waals surface area contributed by atoms with Crippen LogP contribution in [0.5, 0.6) is 11.5 Å². The summed E-state index contributed by atoms with van der Waals surface area (Å²) in [4.78, 5) is 12.7. The van der Waals surface area contributed by atoms with Gasteiger partial charge in [-0.15, -0.1) is 0 Å². The average Bonchev–Trinajstić information content (AvgIpc) is 2.66. The molecule has 0 saturated carbocycles.